The molecule has 1 aromatic rings. The monoisotopic (exact) mass is 275 g/mol. The van der Waals surface area contributed by atoms with Crippen LogP contribution in [0.25, 0.3) is 0 Å². The third kappa shape index (κ3) is 3.44. The van der Waals surface area contributed by atoms with Crippen LogP contribution in [0.4, 0.5) is 11.4 Å². The van der Waals surface area contributed by atoms with Crippen molar-refractivity contribution in [1.29, 1.82) is 0 Å². The Morgan fingerprint density at radius 3 is 2.65 bits per heavy atom. The molecule has 0 unspecified atom stereocenters. The van der Waals surface area contributed by atoms with Gasteiger partial charge in [-0.1, -0.05) is 19.3 Å². The Hall–Kier alpha value is -1.71. The highest BCUT2D eigenvalue weighted by molar-refractivity contribution is 5.96. The summed E-state index contributed by atoms with van der Waals surface area (Å²) in [6, 6.07) is 5.54. The van der Waals surface area contributed by atoms with Crippen molar-refractivity contribution in [3.8, 4) is 0 Å². The fourth-order valence-electron chi connectivity index (χ4n) is 3.04. The normalized spacial score (nSPS) is 15.9. The van der Waals surface area contributed by atoms with Gasteiger partial charge >= 0.3 is 0 Å². The van der Waals surface area contributed by atoms with Gasteiger partial charge in [-0.15, -0.1) is 0 Å². The van der Waals surface area contributed by atoms with E-state index in [0.29, 0.717) is 11.3 Å². The van der Waals surface area contributed by atoms with Gasteiger partial charge < -0.3 is 16.0 Å². The van der Waals surface area contributed by atoms with Gasteiger partial charge in [-0.2, -0.15) is 0 Å². The first-order valence-corrected chi connectivity index (χ1v) is 7.44. The van der Waals surface area contributed by atoms with Crippen molar-refractivity contribution in [2.75, 3.05) is 31.3 Å². The van der Waals surface area contributed by atoms with E-state index in [9.17, 15) is 4.79 Å². The van der Waals surface area contributed by atoms with E-state index in [1.54, 1.807) is 13.1 Å². The van der Waals surface area contributed by atoms with Crippen LogP contribution < -0.4 is 16.0 Å². The highest BCUT2D eigenvalue weighted by atomic mass is 16.1. The van der Waals surface area contributed by atoms with E-state index >= 15 is 0 Å². The molecule has 0 bridgehead atoms. The Kier molecular flexibility index (Phi) is 4.88. The summed E-state index contributed by atoms with van der Waals surface area (Å²) in [7, 11) is 3.71. The molecule has 0 aromatic heterocycles. The van der Waals surface area contributed by atoms with E-state index in [0.717, 1.165) is 18.2 Å². The molecule has 1 aliphatic rings. The number of benzene rings is 1. The highest BCUT2D eigenvalue weighted by Crippen LogP contribution is 2.28. The molecule has 0 aliphatic heterocycles. The van der Waals surface area contributed by atoms with E-state index in [2.05, 4.69) is 17.3 Å². The van der Waals surface area contributed by atoms with E-state index in [-0.39, 0.29) is 5.91 Å². The molecule has 3 N–H and O–H groups in total. The molecule has 2 rings (SSSR count). The van der Waals surface area contributed by atoms with Crippen LogP contribution in [0.5, 0.6) is 0 Å². The van der Waals surface area contributed by atoms with Gasteiger partial charge in [0.1, 0.15) is 0 Å². The number of nitrogen functional groups attached to an aromatic ring is 1. The lowest BCUT2D eigenvalue weighted by Crippen LogP contribution is -2.27. The van der Waals surface area contributed by atoms with Gasteiger partial charge in [-0.3, -0.25) is 4.79 Å². The maximum atomic E-state index is 11.6. The third-order valence-corrected chi connectivity index (χ3v) is 4.18. The summed E-state index contributed by atoms with van der Waals surface area (Å²) in [4.78, 5) is 13.8. The van der Waals surface area contributed by atoms with Crippen LogP contribution in [-0.4, -0.2) is 26.5 Å². The lowest BCUT2D eigenvalue weighted by atomic mass is 9.89. The van der Waals surface area contributed by atoms with E-state index in [1.807, 2.05) is 12.1 Å². The SMILES string of the molecule is CNC(=O)c1ccc(N(C)CC2CCCCC2)c(N)c1. The van der Waals surface area contributed by atoms with Crippen molar-refractivity contribution in [3.05, 3.63) is 23.8 Å². The minimum atomic E-state index is -0.0989. The summed E-state index contributed by atoms with van der Waals surface area (Å²) >= 11 is 0. The second-order valence-corrected chi connectivity index (χ2v) is 5.74. The van der Waals surface area contributed by atoms with Gasteiger partial charge in [0.15, 0.2) is 0 Å². The molecule has 1 amide bonds. The molecule has 4 nitrogen and oxygen atoms in total. The number of nitrogens with one attached hydrogen (secondary N) is 1. The number of carbonyl (C=O) groups is 1. The van der Waals surface area contributed by atoms with Crippen LogP contribution in [0.3, 0.4) is 0 Å². The average Bonchev–Trinajstić information content (AvgIpc) is 2.47. The zero-order valence-corrected chi connectivity index (χ0v) is 12.5. The zero-order valence-electron chi connectivity index (χ0n) is 12.5. The Labute approximate surface area is 121 Å². The maximum Gasteiger partial charge on any atom is 0.251 e. The summed E-state index contributed by atoms with van der Waals surface area (Å²) in [5, 5.41) is 2.61. The molecule has 1 saturated carbocycles. The van der Waals surface area contributed by atoms with Gasteiger partial charge in [-0.05, 0) is 37.0 Å². The minimum Gasteiger partial charge on any atom is -0.397 e. The number of hydrogen-bond donors (Lipinski definition) is 2. The molecule has 110 valence electrons. The Balaban J connectivity index is 2.05. The maximum absolute atomic E-state index is 11.6. The summed E-state index contributed by atoms with van der Waals surface area (Å²) in [5.74, 6) is 0.671. The number of hydrogen-bond acceptors (Lipinski definition) is 3. The van der Waals surface area contributed by atoms with E-state index in [1.165, 1.54) is 32.1 Å². The Morgan fingerprint density at radius 2 is 2.05 bits per heavy atom. The average molecular weight is 275 g/mol. The van der Waals surface area contributed by atoms with Gasteiger partial charge in [-0.25, -0.2) is 0 Å². The van der Waals surface area contributed by atoms with E-state index in [4.69, 9.17) is 5.73 Å². The number of nitrogens with zero attached hydrogens (tertiary/aromatic N) is 1. The summed E-state index contributed by atoms with van der Waals surface area (Å²) in [5.41, 5.74) is 8.40. The summed E-state index contributed by atoms with van der Waals surface area (Å²) < 4.78 is 0. The first-order chi connectivity index (χ1) is 9.61. The predicted octanol–water partition coefficient (Wildman–Crippen LogP) is 2.64. The highest BCUT2D eigenvalue weighted by Gasteiger charge is 2.17. The van der Waals surface area contributed by atoms with Crippen LogP contribution in [-0.2, 0) is 0 Å². The van der Waals surface area contributed by atoms with Crippen LogP contribution in [0.2, 0.25) is 0 Å². The minimum absolute atomic E-state index is 0.0989. The molecule has 0 spiro atoms. The second-order valence-electron chi connectivity index (χ2n) is 5.74. The van der Waals surface area contributed by atoms with Crippen molar-refractivity contribution >= 4 is 17.3 Å². The van der Waals surface area contributed by atoms with Crippen molar-refractivity contribution in [2.24, 2.45) is 5.92 Å². The third-order valence-electron chi connectivity index (χ3n) is 4.18. The lowest BCUT2D eigenvalue weighted by molar-refractivity contribution is 0.0963. The Bertz CT molecular complexity index is 467. The Morgan fingerprint density at radius 1 is 1.35 bits per heavy atom. The quantitative estimate of drug-likeness (QED) is 0.831. The number of anilines is 2. The van der Waals surface area contributed by atoms with Crippen LogP contribution >= 0.6 is 0 Å². The number of nitrogens with two attached hydrogens (primary N) is 1. The smallest absolute Gasteiger partial charge is 0.251 e. The standard InChI is InChI=1S/C16H25N3O/c1-18-16(20)13-8-9-15(14(17)10-13)19(2)11-12-6-4-3-5-7-12/h8-10,12H,3-7,11,17H2,1-2H3,(H,18,20). The van der Waals surface area contributed by atoms with Gasteiger partial charge in [0.25, 0.3) is 5.91 Å². The lowest BCUT2D eigenvalue weighted by Gasteiger charge is -2.29. The number of carbonyl (C=O) groups excluding carboxylic acids is 1. The molecular formula is C16H25N3O. The fraction of sp³-hybridized carbons (Fsp3) is 0.562. The topological polar surface area (TPSA) is 58.4 Å². The molecule has 20 heavy (non-hydrogen) atoms. The molecule has 1 fully saturated rings. The van der Waals surface area contributed by atoms with Crippen LogP contribution in [0, 0.1) is 5.92 Å². The first-order valence-electron chi connectivity index (χ1n) is 7.44. The molecule has 0 radical (unpaired) electrons. The largest absolute Gasteiger partial charge is 0.397 e. The van der Waals surface area contributed by atoms with Crippen molar-refractivity contribution in [2.45, 2.75) is 32.1 Å². The second kappa shape index (κ2) is 6.64. The van der Waals surface area contributed by atoms with E-state index < -0.39 is 0 Å². The van der Waals surface area contributed by atoms with Gasteiger partial charge in [0, 0.05) is 26.2 Å². The molecule has 0 heterocycles. The zero-order chi connectivity index (χ0) is 14.5. The fourth-order valence-corrected chi connectivity index (χ4v) is 3.04. The molecule has 1 aliphatic carbocycles. The van der Waals surface area contributed by atoms with Crippen molar-refractivity contribution in [3.63, 3.8) is 0 Å². The van der Waals surface area contributed by atoms with Gasteiger partial charge in [0.2, 0.25) is 0 Å². The number of amides is 1. The molecule has 0 saturated heterocycles. The first kappa shape index (κ1) is 14.7. The molecule has 0 atom stereocenters. The van der Waals surface area contributed by atoms with Crippen LogP contribution in [0.1, 0.15) is 42.5 Å². The number of rotatable bonds is 4. The summed E-state index contributed by atoms with van der Waals surface area (Å²) in [6.07, 6.45) is 6.72. The molecular weight excluding hydrogens is 250 g/mol. The molecule has 4 heteroatoms. The van der Waals surface area contributed by atoms with Crippen molar-refractivity contribution in [1.82, 2.24) is 5.32 Å². The van der Waals surface area contributed by atoms with Crippen LogP contribution in [0.15, 0.2) is 18.2 Å². The van der Waals surface area contributed by atoms with Gasteiger partial charge in [0.05, 0.1) is 11.4 Å². The summed E-state index contributed by atoms with van der Waals surface area (Å²) in [6.45, 7) is 1.05. The van der Waals surface area contributed by atoms with Crippen molar-refractivity contribution < 1.29 is 4.79 Å². The molecule has 1 aromatic carbocycles. The predicted molar refractivity (Wildman–Crippen MR) is 84.1 cm³/mol.